The molecule has 0 spiro atoms. The summed E-state index contributed by atoms with van der Waals surface area (Å²) in [7, 11) is 0. The molecule has 2 heterocycles. The molecule has 6 nitrogen and oxygen atoms in total. The molecule has 0 fully saturated rings. The predicted molar refractivity (Wildman–Crippen MR) is 96.2 cm³/mol. The average Bonchev–Trinajstić information content (AvgIpc) is 3.17. The molecule has 0 radical (unpaired) electrons. The molecule has 0 aliphatic heterocycles. The van der Waals surface area contributed by atoms with Crippen molar-refractivity contribution in [2.24, 2.45) is 0 Å². The monoisotopic (exact) mass is 347 g/mol. The first-order chi connectivity index (χ1) is 12.3. The van der Waals surface area contributed by atoms with E-state index in [1.54, 1.807) is 17.8 Å². The summed E-state index contributed by atoms with van der Waals surface area (Å²) in [6.07, 6.45) is 0. The molecular formula is C18H13N5OS. The van der Waals surface area contributed by atoms with Crippen LogP contribution in [0.5, 0.6) is 0 Å². The van der Waals surface area contributed by atoms with E-state index >= 15 is 0 Å². The fourth-order valence-electron chi connectivity index (χ4n) is 2.45. The van der Waals surface area contributed by atoms with Gasteiger partial charge in [0, 0.05) is 15.5 Å². The molecule has 0 unspecified atom stereocenters. The molecule has 7 heteroatoms. The summed E-state index contributed by atoms with van der Waals surface area (Å²) in [6.45, 7) is 0. The number of nitrogens with one attached hydrogen (secondary N) is 2. The van der Waals surface area contributed by atoms with Crippen LogP contribution in [0.2, 0.25) is 0 Å². The third-order valence-electron chi connectivity index (χ3n) is 3.62. The van der Waals surface area contributed by atoms with Crippen molar-refractivity contribution in [3.8, 4) is 22.6 Å². The van der Waals surface area contributed by atoms with Gasteiger partial charge in [-0.3, -0.25) is 4.79 Å². The lowest BCUT2D eigenvalue weighted by Crippen LogP contribution is -2.10. The van der Waals surface area contributed by atoms with Crippen LogP contribution in [0, 0.1) is 0 Å². The molecule has 0 saturated heterocycles. The minimum Gasteiger partial charge on any atom is -0.321 e. The summed E-state index contributed by atoms with van der Waals surface area (Å²) in [5, 5.41) is 13.5. The topological polar surface area (TPSA) is 87.3 Å². The van der Waals surface area contributed by atoms with Crippen molar-refractivity contribution >= 4 is 11.8 Å². The lowest BCUT2D eigenvalue weighted by Gasteiger charge is -2.06. The zero-order chi connectivity index (χ0) is 17.1. The van der Waals surface area contributed by atoms with E-state index in [4.69, 9.17) is 0 Å². The molecular weight excluding hydrogens is 334 g/mol. The van der Waals surface area contributed by atoms with E-state index in [1.165, 1.54) is 4.90 Å². The second kappa shape index (κ2) is 6.74. The number of nitrogens with zero attached hydrogens (tertiary/aromatic N) is 3. The van der Waals surface area contributed by atoms with Gasteiger partial charge in [0.05, 0.1) is 5.56 Å². The average molecular weight is 347 g/mol. The minimum atomic E-state index is -0.250. The Bertz CT molecular complexity index is 1040. The van der Waals surface area contributed by atoms with Gasteiger partial charge in [-0.2, -0.15) is 5.21 Å². The Hall–Kier alpha value is -3.19. The molecule has 4 rings (SSSR count). The molecule has 25 heavy (non-hydrogen) atoms. The van der Waals surface area contributed by atoms with Gasteiger partial charge in [-0.05, 0) is 47.2 Å². The standard InChI is InChI=1S/C18H13N5OS/c24-18-15(17-20-22-23-21-17)9-10-16(19-18)12-5-4-8-14(11-12)25-13-6-2-1-3-7-13/h1-11H,(H,19,24)(H,20,21,22,23). The number of pyridine rings is 1. The smallest absolute Gasteiger partial charge is 0.259 e. The highest BCUT2D eigenvalue weighted by atomic mass is 32.2. The zero-order valence-corrected chi connectivity index (χ0v) is 13.8. The quantitative estimate of drug-likeness (QED) is 0.591. The van der Waals surface area contributed by atoms with Gasteiger partial charge in [0.25, 0.3) is 5.56 Å². The van der Waals surface area contributed by atoms with Crippen LogP contribution in [-0.2, 0) is 0 Å². The zero-order valence-electron chi connectivity index (χ0n) is 13.0. The lowest BCUT2D eigenvalue weighted by molar-refractivity contribution is 0.881. The van der Waals surface area contributed by atoms with Crippen molar-refractivity contribution in [2.75, 3.05) is 0 Å². The molecule has 0 atom stereocenters. The number of rotatable bonds is 4. The normalized spacial score (nSPS) is 10.7. The van der Waals surface area contributed by atoms with Crippen LogP contribution in [0.15, 0.2) is 81.3 Å². The van der Waals surface area contributed by atoms with Crippen molar-refractivity contribution in [3.05, 3.63) is 77.1 Å². The van der Waals surface area contributed by atoms with Crippen LogP contribution in [0.1, 0.15) is 0 Å². The van der Waals surface area contributed by atoms with Crippen LogP contribution in [0.4, 0.5) is 0 Å². The Kier molecular flexibility index (Phi) is 4.14. The summed E-state index contributed by atoms with van der Waals surface area (Å²) >= 11 is 1.68. The van der Waals surface area contributed by atoms with E-state index in [1.807, 2.05) is 42.5 Å². The Labute approximate surface area is 147 Å². The number of hydrogen-bond donors (Lipinski definition) is 2. The fraction of sp³-hybridized carbons (Fsp3) is 0. The fourth-order valence-corrected chi connectivity index (χ4v) is 3.34. The van der Waals surface area contributed by atoms with E-state index in [-0.39, 0.29) is 11.4 Å². The van der Waals surface area contributed by atoms with Gasteiger partial charge in [0.2, 0.25) is 5.82 Å². The number of H-pyrrole nitrogens is 2. The molecule has 0 bridgehead atoms. The molecule has 122 valence electrons. The van der Waals surface area contributed by atoms with Crippen LogP contribution in [0.3, 0.4) is 0 Å². The van der Waals surface area contributed by atoms with Crippen LogP contribution >= 0.6 is 11.8 Å². The highest BCUT2D eigenvalue weighted by Crippen LogP contribution is 2.30. The Morgan fingerprint density at radius 1 is 0.880 bits per heavy atom. The van der Waals surface area contributed by atoms with Gasteiger partial charge in [0.15, 0.2) is 0 Å². The summed E-state index contributed by atoms with van der Waals surface area (Å²) < 4.78 is 0. The van der Waals surface area contributed by atoms with E-state index in [9.17, 15) is 4.79 Å². The van der Waals surface area contributed by atoms with E-state index in [0.717, 1.165) is 16.2 Å². The second-order valence-electron chi connectivity index (χ2n) is 5.29. The maximum absolute atomic E-state index is 12.3. The van der Waals surface area contributed by atoms with E-state index in [2.05, 4.69) is 43.8 Å². The predicted octanol–water partition coefficient (Wildman–Crippen LogP) is 3.37. The summed E-state index contributed by atoms with van der Waals surface area (Å²) in [5.74, 6) is 0.279. The lowest BCUT2D eigenvalue weighted by atomic mass is 10.1. The molecule has 0 aliphatic rings. The molecule has 4 aromatic rings. The van der Waals surface area contributed by atoms with Crippen molar-refractivity contribution in [1.29, 1.82) is 0 Å². The summed E-state index contributed by atoms with van der Waals surface area (Å²) in [4.78, 5) is 17.5. The molecule has 2 aromatic heterocycles. The Morgan fingerprint density at radius 3 is 2.48 bits per heavy atom. The van der Waals surface area contributed by atoms with Crippen LogP contribution in [-0.4, -0.2) is 25.6 Å². The number of hydrogen-bond acceptors (Lipinski definition) is 5. The SMILES string of the molecule is O=c1[nH]c(-c2cccc(Sc3ccccc3)c2)ccc1-c1nn[nH]n1. The third-order valence-corrected chi connectivity index (χ3v) is 4.62. The van der Waals surface area contributed by atoms with Gasteiger partial charge in [-0.25, -0.2) is 0 Å². The largest absolute Gasteiger partial charge is 0.321 e. The minimum absolute atomic E-state index is 0.250. The molecule has 2 aromatic carbocycles. The number of tetrazole rings is 1. The molecule has 0 aliphatic carbocycles. The van der Waals surface area contributed by atoms with Crippen molar-refractivity contribution < 1.29 is 0 Å². The summed E-state index contributed by atoms with van der Waals surface area (Å²) in [5.41, 5.74) is 1.82. The maximum Gasteiger partial charge on any atom is 0.259 e. The number of benzene rings is 2. The highest BCUT2D eigenvalue weighted by molar-refractivity contribution is 7.99. The first kappa shape index (κ1) is 15.3. The highest BCUT2D eigenvalue weighted by Gasteiger charge is 2.09. The number of aromatic amines is 2. The van der Waals surface area contributed by atoms with E-state index in [0.29, 0.717) is 5.56 Å². The van der Waals surface area contributed by atoms with Crippen LogP contribution < -0.4 is 5.56 Å². The van der Waals surface area contributed by atoms with Crippen molar-refractivity contribution in [2.45, 2.75) is 9.79 Å². The van der Waals surface area contributed by atoms with Gasteiger partial charge in [-0.15, -0.1) is 10.2 Å². The van der Waals surface area contributed by atoms with Gasteiger partial charge in [0.1, 0.15) is 0 Å². The Balaban J connectivity index is 1.65. The third kappa shape index (κ3) is 3.36. The first-order valence-corrected chi connectivity index (χ1v) is 8.42. The van der Waals surface area contributed by atoms with Gasteiger partial charge < -0.3 is 4.98 Å². The maximum atomic E-state index is 12.3. The molecule has 2 N–H and O–H groups in total. The molecule has 0 saturated carbocycles. The van der Waals surface area contributed by atoms with Gasteiger partial charge in [-0.1, -0.05) is 42.1 Å². The Morgan fingerprint density at radius 2 is 1.72 bits per heavy atom. The van der Waals surface area contributed by atoms with E-state index < -0.39 is 0 Å². The van der Waals surface area contributed by atoms with Crippen LogP contribution in [0.25, 0.3) is 22.6 Å². The van der Waals surface area contributed by atoms with Crippen molar-refractivity contribution in [1.82, 2.24) is 25.6 Å². The van der Waals surface area contributed by atoms with Crippen molar-refractivity contribution in [3.63, 3.8) is 0 Å². The molecule has 0 amide bonds. The van der Waals surface area contributed by atoms with Gasteiger partial charge >= 0.3 is 0 Å². The second-order valence-corrected chi connectivity index (χ2v) is 6.44. The number of aromatic nitrogens is 5. The first-order valence-electron chi connectivity index (χ1n) is 7.60. The summed E-state index contributed by atoms with van der Waals surface area (Å²) in [6, 6.07) is 21.8.